The van der Waals surface area contributed by atoms with Gasteiger partial charge in [0.25, 0.3) is 5.91 Å². The van der Waals surface area contributed by atoms with Crippen LogP contribution in [0, 0.1) is 5.82 Å². The predicted molar refractivity (Wildman–Crippen MR) is 149 cm³/mol. The Labute approximate surface area is 236 Å². The highest BCUT2D eigenvalue weighted by Crippen LogP contribution is 2.30. The van der Waals surface area contributed by atoms with Crippen molar-refractivity contribution in [1.82, 2.24) is 4.90 Å². The van der Waals surface area contributed by atoms with E-state index in [1.807, 2.05) is 6.07 Å². The molecule has 0 unspecified atom stereocenters. The predicted octanol–water partition coefficient (Wildman–Crippen LogP) is 4.43. The first kappa shape index (κ1) is 29.1. The summed E-state index contributed by atoms with van der Waals surface area (Å²) < 4.78 is 29.1. The number of urea groups is 1. The van der Waals surface area contributed by atoms with Crippen LogP contribution in [0.25, 0.3) is 0 Å². The SMILES string of the molecule is CCOC(=O)c1ccc(NC(=O)C[C@H]2C(=O)N(c3ccc(F)cc3)C(=O)N2CCc2ccc(OC)c(OC)c2)cc1. The summed E-state index contributed by atoms with van der Waals surface area (Å²) in [6.45, 7) is 2.07. The van der Waals surface area contributed by atoms with E-state index in [0.717, 1.165) is 22.6 Å². The molecule has 0 aromatic heterocycles. The fourth-order valence-corrected chi connectivity index (χ4v) is 4.49. The summed E-state index contributed by atoms with van der Waals surface area (Å²) in [6.07, 6.45) is 0.0535. The molecule has 1 fully saturated rings. The number of methoxy groups -OCH3 is 2. The molecule has 0 radical (unpaired) electrons. The minimum absolute atomic E-state index is 0.129. The van der Waals surface area contributed by atoms with Gasteiger partial charge in [0.05, 0.1) is 38.5 Å². The fraction of sp³-hybridized carbons (Fsp3) is 0.267. The van der Waals surface area contributed by atoms with E-state index in [1.54, 1.807) is 31.2 Å². The molecule has 1 aliphatic rings. The maximum Gasteiger partial charge on any atom is 0.338 e. The number of rotatable bonds is 11. The monoisotopic (exact) mass is 563 g/mol. The number of hydrogen-bond acceptors (Lipinski definition) is 7. The maximum absolute atomic E-state index is 13.5. The molecule has 1 aliphatic heterocycles. The van der Waals surface area contributed by atoms with Gasteiger partial charge in [0.1, 0.15) is 11.9 Å². The molecule has 11 heteroatoms. The lowest BCUT2D eigenvalue weighted by Crippen LogP contribution is -2.39. The van der Waals surface area contributed by atoms with Crippen molar-refractivity contribution >= 4 is 35.2 Å². The largest absolute Gasteiger partial charge is 0.493 e. The number of anilines is 2. The Bertz CT molecular complexity index is 1430. The minimum atomic E-state index is -1.09. The molecular formula is C30H30FN3O7. The van der Waals surface area contributed by atoms with Crippen LogP contribution >= 0.6 is 0 Å². The summed E-state index contributed by atoms with van der Waals surface area (Å²) in [5.41, 5.74) is 1.77. The van der Waals surface area contributed by atoms with Crippen molar-refractivity contribution in [2.24, 2.45) is 0 Å². The first-order valence-corrected chi connectivity index (χ1v) is 12.9. The highest BCUT2D eigenvalue weighted by molar-refractivity contribution is 6.22. The molecule has 3 aromatic rings. The van der Waals surface area contributed by atoms with Crippen LogP contribution in [0.1, 0.15) is 29.3 Å². The Morgan fingerprint density at radius 3 is 2.24 bits per heavy atom. The van der Waals surface area contributed by atoms with Gasteiger partial charge in [-0.2, -0.15) is 0 Å². The molecule has 1 atom stereocenters. The van der Waals surface area contributed by atoms with Crippen molar-refractivity contribution in [3.8, 4) is 11.5 Å². The van der Waals surface area contributed by atoms with Gasteiger partial charge < -0.3 is 24.4 Å². The Hall–Kier alpha value is -4.93. The van der Waals surface area contributed by atoms with Gasteiger partial charge >= 0.3 is 12.0 Å². The summed E-state index contributed by atoms with van der Waals surface area (Å²) in [5.74, 6) is -1.02. The third-order valence-electron chi connectivity index (χ3n) is 6.55. The first-order chi connectivity index (χ1) is 19.7. The molecule has 3 aromatic carbocycles. The topological polar surface area (TPSA) is 114 Å². The second-order valence-electron chi connectivity index (χ2n) is 9.13. The minimum Gasteiger partial charge on any atom is -0.493 e. The van der Waals surface area contributed by atoms with Crippen molar-refractivity contribution in [2.75, 3.05) is 37.6 Å². The van der Waals surface area contributed by atoms with Crippen LogP contribution in [0.5, 0.6) is 11.5 Å². The first-order valence-electron chi connectivity index (χ1n) is 12.9. The number of carbonyl (C=O) groups excluding carboxylic acids is 4. The zero-order chi connectivity index (χ0) is 29.5. The molecule has 0 aliphatic carbocycles. The molecule has 41 heavy (non-hydrogen) atoms. The number of hydrogen-bond donors (Lipinski definition) is 1. The van der Waals surface area contributed by atoms with Gasteiger partial charge in [-0.3, -0.25) is 9.59 Å². The van der Waals surface area contributed by atoms with E-state index >= 15 is 0 Å². The number of halogens is 1. The molecule has 1 heterocycles. The number of amides is 4. The van der Waals surface area contributed by atoms with Crippen LogP contribution in [0.2, 0.25) is 0 Å². The fourth-order valence-electron chi connectivity index (χ4n) is 4.49. The van der Waals surface area contributed by atoms with Crippen molar-refractivity contribution in [3.63, 3.8) is 0 Å². The normalized spacial score (nSPS) is 14.7. The molecule has 0 spiro atoms. The lowest BCUT2D eigenvalue weighted by Gasteiger charge is -2.22. The summed E-state index contributed by atoms with van der Waals surface area (Å²) in [6, 6.07) is 14.8. The van der Waals surface area contributed by atoms with Gasteiger partial charge in [-0.1, -0.05) is 6.07 Å². The molecule has 0 saturated carbocycles. The third kappa shape index (κ3) is 6.63. The average Bonchev–Trinajstić information content (AvgIpc) is 3.20. The number of carbonyl (C=O) groups is 4. The van der Waals surface area contributed by atoms with E-state index in [9.17, 15) is 23.6 Å². The smallest absolute Gasteiger partial charge is 0.338 e. The van der Waals surface area contributed by atoms with Crippen molar-refractivity contribution in [1.29, 1.82) is 0 Å². The Balaban J connectivity index is 1.53. The molecular weight excluding hydrogens is 533 g/mol. The second kappa shape index (κ2) is 12.9. The highest BCUT2D eigenvalue weighted by Gasteiger charge is 2.46. The van der Waals surface area contributed by atoms with Crippen molar-refractivity contribution in [3.05, 3.63) is 83.7 Å². The van der Waals surface area contributed by atoms with Gasteiger partial charge in [-0.05, 0) is 79.6 Å². The lowest BCUT2D eigenvalue weighted by atomic mass is 10.1. The molecule has 4 amide bonds. The summed E-state index contributed by atoms with van der Waals surface area (Å²) in [5, 5.41) is 2.71. The number of benzene rings is 3. The maximum atomic E-state index is 13.5. The van der Waals surface area contributed by atoms with Gasteiger partial charge in [0.15, 0.2) is 11.5 Å². The van der Waals surface area contributed by atoms with E-state index in [4.69, 9.17) is 14.2 Å². The zero-order valence-corrected chi connectivity index (χ0v) is 22.9. The van der Waals surface area contributed by atoms with Crippen LogP contribution in [-0.2, 0) is 20.7 Å². The molecule has 4 rings (SSSR count). The number of nitrogens with one attached hydrogen (secondary N) is 1. The molecule has 0 bridgehead atoms. The average molecular weight is 564 g/mol. The van der Waals surface area contributed by atoms with Crippen LogP contribution < -0.4 is 19.7 Å². The summed E-state index contributed by atoms with van der Waals surface area (Å²) >= 11 is 0. The highest BCUT2D eigenvalue weighted by atomic mass is 19.1. The van der Waals surface area contributed by atoms with Crippen LogP contribution in [-0.4, -0.2) is 62.1 Å². The number of esters is 1. The number of nitrogens with zero attached hydrogens (tertiary/aromatic N) is 2. The molecule has 1 saturated heterocycles. The van der Waals surface area contributed by atoms with Gasteiger partial charge in [-0.25, -0.2) is 18.9 Å². The van der Waals surface area contributed by atoms with Crippen LogP contribution in [0.4, 0.5) is 20.6 Å². The van der Waals surface area contributed by atoms with Gasteiger partial charge in [0.2, 0.25) is 5.91 Å². The number of imide groups is 1. The van der Waals surface area contributed by atoms with Gasteiger partial charge in [0, 0.05) is 12.2 Å². The molecule has 10 nitrogen and oxygen atoms in total. The molecule has 214 valence electrons. The van der Waals surface area contributed by atoms with E-state index in [2.05, 4.69) is 5.32 Å². The quantitative estimate of drug-likeness (QED) is 0.271. The van der Waals surface area contributed by atoms with Crippen LogP contribution in [0.3, 0.4) is 0 Å². The molecule has 1 N–H and O–H groups in total. The van der Waals surface area contributed by atoms with E-state index in [0.29, 0.717) is 29.2 Å². The van der Waals surface area contributed by atoms with Crippen molar-refractivity contribution in [2.45, 2.75) is 25.8 Å². The number of ether oxygens (including phenoxy) is 3. The third-order valence-corrected chi connectivity index (χ3v) is 6.55. The van der Waals surface area contributed by atoms with Gasteiger partial charge in [-0.15, -0.1) is 0 Å². The zero-order valence-electron chi connectivity index (χ0n) is 22.9. The van der Waals surface area contributed by atoms with Crippen molar-refractivity contribution < 1.29 is 37.8 Å². The standard InChI is InChI=1S/C30H30FN3O7/c1-4-41-29(37)20-6-10-22(11-7-20)32-27(35)18-24-28(36)34(23-12-8-21(31)9-13-23)30(38)33(24)16-15-19-5-14-25(39-2)26(17-19)40-3/h5-14,17,24H,4,15-16,18H2,1-3H3,(H,32,35)/t24-/m0/s1. The Kier molecular flexibility index (Phi) is 9.18. The second-order valence-corrected chi connectivity index (χ2v) is 9.13. The van der Waals surface area contributed by atoms with E-state index < -0.39 is 35.7 Å². The summed E-state index contributed by atoms with van der Waals surface area (Å²) in [4.78, 5) is 54.1. The Morgan fingerprint density at radius 1 is 0.927 bits per heavy atom. The van der Waals surface area contributed by atoms with E-state index in [-0.39, 0.29) is 25.3 Å². The van der Waals surface area contributed by atoms with E-state index in [1.165, 1.54) is 43.4 Å². The Morgan fingerprint density at radius 2 is 1.61 bits per heavy atom. The lowest BCUT2D eigenvalue weighted by molar-refractivity contribution is -0.124. The summed E-state index contributed by atoms with van der Waals surface area (Å²) in [7, 11) is 3.05. The van der Waals surface area contributed by atoms with Crippen LogP contribution in [0.15, 0.2) is 66.7 Å².